The monoisotopic (exact) mass is 435 g/mol. The third-order valence-corrected chi connectivity index (χ3v) is 3.09. The standard InChI is InChI=1S/C17H29N3O2.HI/c1-4-5-12-21-13-10-19-17(18-3)20-11-14-22-16-8-6-15(2)7-9-16;/h6-9H,4-5,10-14H2,1-3H3,(H2,18,19,20);1H. The number of rotatable bonds is 10. The van der Waals surface area contributed by atoms with Gasteiger partial charge in [0.1, 0.15) is 12.4 Å². The molecule has 0 radical (unpaired) electrons. The van der Waals surface area contributed by atoms with E-state index in [4.69, 9.17) is 9.47 Å². The van der Waals surface area contributed by atoms with Crippen LogP contribution in [0.2, 0.25) is 0 Å². The fourth-order valence-corrected chi connectivity index (χ4v) is 1.78. The van der Waals surface area contributed by atoms with Crippen molar-refractivity contribution in [1.82, 2.24) is 10.6 Å². The summed E-state index contributed by atoms with van der Waals surface area (Å²) in [6, 6.07) is 8.05. The minimum atomic E-state index is 0. The summed E-state index contributed by atoms with van der Waals surface area (Å²) in [5.74, 6) is 1.66. The quantitative estimate of drug-likeness (QED) is 0.257. The molecule has 0 heterocycles. The molecule has 0 aliphatic carbocycles. The van der Waals surface area contributed by atoms with Crippen LogP contribution in [0.25, 0.3) is 0 Å². The Morgan fingerprint density at radius 1 is 1.04 bits per heavy atom. The van der Waals surface area contributed by atoms with Crippen LogP contribution in [0.3, 0.4) is 0 Å². The maximum atomic E-state index is 5.66. The molecule has 2 N–H and O–H groups in total. The van der Waals surface area contributed by atoms with Gasteiger partial charge in [-0.15, -0.1) is 24.0 Å². The van der Waals surface area contributed by atoms with Gasteiger partial charge in [0.05, 0.1) is 13.2 Å². The second kappa shape index (κ2) is 14.6. The summed E-state index contributed by atoms with van der Waals surface area (Å²) in [5, 5.41) is 6.42. The number of hydrogen-bond donors (Lipinski definition) is 2. The van der Waals surface area contributed by atoms with Gasteiger partial charge in [-0.05, 0) is 25.5 Å². The summed E-state index contributed by atoms with van der Waals surface area (Å²) in [7, 11) is 1.76. The maximum Gasteiger partial charge on any atom is 0.191 e. The van der Waals surface area contributed by atoms with E-state index in [9.17, 15) is 0 Å². The molecule has 1 aromatic rings. The first-order chi connectivity index (χ1) is 10.8. The van der Waals surface area contributed by atoms with E-state index in [2.05, 4.69) is 29.5 Å². The van der Waals surface area contributed by atoms with Crippen LogP contribution in [0.4, 0.5) is 0 Å². The van der Waals surface area contributed by atoms with Crippen LogP contribution in [0.15, 0.2) is 29.3 Å². The molecule has 0 fully saturated rings. The highest BCUT2D eigenvalue weighted by atomic mass is 127. The predicted molar refractivity (Wildman–Crippen MR) is 107 cm³/mol. The molecule has 23 heavy (non-hydrogen) atoms. The Morgan fingerprint density at radius 2 is 1.70 bits per heavy atom. The van der Waals surface area contributed by atoms with E-state index in [1.165, 1.54) is 5.56 Å². The first-order valence-corrected chi connectivity index (χ1v) is 7.98. The van der Waals surface area contributed by atoms with Crippen molar-refractivity contribution in [3.05, 3.63) is 29.8 Å². The van der Waals surface area contributed by atoms with Crippen molar-refractivity contribution in [3.8, 4) is 5.75 Å². The van der Waals surface area contributed by atoms with Gasteiger partial charge in [0, 0.05) is 20.2 Å². The highest BCUT2D eigenvalue weighted by Crippen LogP contribution is 2.10. The lowest BCUT2D eigenvalue weighted by Gasteiger charge is -2.12. The summed E-state index contributed by atoms with van der Waals surface area (Å²) >= 11 is 0. The van der Waals surface area contributed by atoms with E-state index in [1.807, 2.05) is 24.3 Å². The number of ether oxygens (including phenoxy) is 2. The van der Waals surface area contributed by atoms with Crippen LogP contribution < -0.4 is 15.4 Å². The summed E-state index contributed by atoms with van der Waals surface area (Å²) in [6.45, 7) is 7.79. The van der Waals surface area contributed by atoms with Crippen LogP contribution in [0.1, 0.15) is 25.3 Å². The number of hydrogen-bond acceptors (Lipinski definition) is 3. The Bertz CT molecular complexity index is 424. The number of nitrogens with one attached hydrogen (secondary N) is 2. The minimum absolute atomic E-state index is 0. The minimum Gasteiger partial charge on any atom is -0.492 e. The molecule has 0 saturated heterocycles. The van der Waals surface area contributed by atoms with Crippen LogP contribution in [-0.4, -0.2) is 45.9 Å². The molecular formula is C17H30IN3O2. The molecular weight excluding hydrogens is 405 g/mol. The third kappa shape index (κ3) is 11.2. The molecule has 0 amide bonds. The predicted octanol–water partition coefficient (Wildman–Crippen LogP) is 2.97. The molecule has 0 atom stereocenters. The topological polar surface area (TPSA) is 54.9 Å². The number of benzene rings is 1. The van der Waals surface area contributed by atoms with Gasteiger partial charge in [0.15, 0.2) is 5.96 Å². The Balaban J connectivity index is 0.00000484. The van der Waals surface area contributed by atoms with Gasteiger partial charge in [-0.25, -0.2) is 0 Å². The number of aliphatic imine (C=N–C) groups is 1. The lowest BCUT2D eigenvalue weighted by molar-refractivity contribution is 0.136. The van der Waals surface area contributed by atoms with Crippen molar-refractivity contribution >= 4 is 29.9 Å². The summed E-state index contributed by atoms with van der Waals surface area (Å²) in [4.78, 5) is 4.16. The number of nitrogens with zero attached hydrogens (tertiary/aromatic N) is 1. The Morgan fingerprint density at radius 3 is 2.30 bits per heavy atom. The van der Waals surface area contributed by atoms with Gasteiger partial charge in [-0.1, -0.05) is 31.0 Å². The molecule has 0 aliphatic heterocycles. The van der Waals surface area contributed by atoms with Crippen molar-refractivity contribution < 1.29 is 9.47 Å². The third-order valence-electron chi connectivity index (χ3n) is 3.09. The summed E-state index contributed by atoms with van der Waals surface area (Å²) in [6.07, 6.45) is 2.28. The highest BCUT2D eigenvalue weighted by Gasteiger charge is 1.97. The molecule has 132 valence electrons. The van der Waals surface area contributed by atoms with E-state index < -0.39 is 0 Å². The molecule has 0 unspecified atom stereocenters. The normalized spacial score (nSPS) is 10.8. The molecule has 0 aromatic heterocycles. The van der Waals surface area contributed by atoms with E-state index in [1.54, 1.807) is 7.05 Å². The molecule has 0 bridgehead atoms. The molecule has 0 aliphatic rings. The molecule has 6 heteroatoms. The van der Waals surface area contributed by atoms with Crippen molar-refractivity contribution in [2.75, 3.05) is 40.0 Å². The largest absolute Gasteiger partial charge is 0.492 e. The van der Waals surface area contributed by atoms with E-state index in [-0.39, 0.29) is 24.0 Å². The van der Waals surface area contributed by atoms with Gasteiger partial charge in [0.25, 0.3) is 0 Å². The fraction of sp³-hybridized carbons (Fsp3) is 0.588. The molecule has 0 spiro atoms. The van der Waals surface area contributed by atoms with Gasteiger partial charge in [-0.2, -0.15) is 0 Å². The first-order valence-electron chi connectivity index (χ1n) is 7.98. The second-order valence-corrected chi connectivity index (χ2v) is 5.05. The Hall–Kier alpha value is -1.02. The molecule has 5 nitrogen and oxygen atoms in total. The van der Waals surface area contributed by atoms with Gasteiger partial charge < -0.3 is 20.1 Å². The lowest BCUT2D eigenvalue weighted by atomic mass is 10.2. The van der Waals surface area contributed by atoms with Crippen LogP contribution in [0.5, 0.6) is 5.75 Å². The average molecular weight is 435 g/mol. The van der Waals surface area contributed by atoms with Crippen molar-refractivity contribution in [3.63, 3.8) is 0 Å². The average Bonchev–Trinajstić information content (AvgIpc) is 2.54. The number of unbranched alkanes of at least 4 members (excludes halogenated alkanes) is 1. The second-order valence-electron chi connectivity index (χ2n) is 5.05. The SMILES string of the molecule is CCCCOCCNC(=NC)NCCOc1ccc(C)cc1.I. The zero-order valence-electron chi connectivity index (χ0n) is 14.4. The molecule has 0 saturated carbocycles. The van der Waals surface area contributed by atoms with Gasteiger partial charge in [0.2, 0.25) is 0 Å². The summed E-state index contributed by atoms with van der Waals surface area (Å²) in [5.41, 5.74) is 1.23. The van der Waals surface area contributed by atoms with Crippen molar-refractivity contribution in [1.29, 1.82) is 0 Å². The van der Waals surface area contributed by atoms with Crippen molar-refractivity contribution in [2.24, 2.45) is 4.99 Å². The number of aryl methyl sites for hydroxylation is 1. The molecule has 1 rings (SSSR count). The van der Waals surface area contributed by atoms with Gasteiger partial charge >= 0.3 is 0 Å². The van der Waals surface area contributed by atoms with E-state index >= 15 is 0 Å². The number of halogens is 1. The van der Waals surface area contributed by atoms with Gasteiger partial charge in [-0.3, -0.25) is 4.99 Å². The van der Waals surface area contributed by atoms with Crippen LogP contribution in [-0.2, 0) is 4.74 Å². The maximum absolute atomic E-state index is 5.66. The zero-order valence-corrected chi connectivity index (χ0v) is 16.8. The zero-order chi connectivity index (χ0) is 16.0. The fourth-order valence-electron chi connectivity index (χ4n) is 1.78. The van der Waals surface area contributed by atoms with Crippen molar-refractivity contribution in [2.45, 2.75) is 26.7 Å². The van der Waals surface area contributed by atoms with Crippen LogP contribution in [0, 0.1) is 6.92 Å². The van der Waals surface area contributed by atoms with E-state index in [0.717, 1.165) is 37.7 Å². The molecule has 1 aromatic carbocycles. The smallest absolute Gasteiger partial charge is 0.191 e. The van der Waals surface area contributed by atoms with E-state index in [0.29, 0.717) is 19.8 Å². The summed E-state index contributed by atoms with van der Waals surface area (Å²) < 4.78 is 11.1. The lowest BCUT2D eigenvalue weighted by Crippen LogP contribution is -2.40. The highest BCUT2D eigenvalue weighted by molar-refractivity contribution is 14.0. The van der Waals surface area contributed by atoms with Crippen LogP contribution >= 0.6 is 24.0 Å². The number of guanidine groups is 1. The Labute approximate surface area is 157 Å². The Kier molecular flexibility index (Phi) is 13.9. The first kappa shape index (κ1) is 22.0.